The Morgan fingerprint density at radius 2 is 1.68 bits per heavy atom. The highest BCUT2D eigenvalue weighted by molar-refractivity contribution is 6.03. The Kier molecular flexibility index (Phi) is 7.44. The summed E-state index contributed by atoms with van der Waals surface area (Å²) in [6.45, 7) is 3.90. The van der Waals surface area contributed by atoms with E-state index in [9.17, 15) is 4.79 Å². The van der Waals surface area contributed by atoms with Crippen LogP contribution in [0.3, 0.4) is 0 Å². The van der Waals surface area contributed by atoms with E-state index in [1.807, 2.05) is 59.5 Å². The van der Waals surface area contributed by atoms with Crippen molar-refractivity contribution in [2.75, 3.05) is 44.3 Å². The molecule has 0 aromatic heterocycles. The predicted octanol–water partition coefficient (Wildman–Crippen LogP) is 3.60. The smallest absolute Gasteiger partial charge is 0.228 e. The van der Waals surface area contributed by atoms with Gasteiger partial charge in [-0.3, -0.25) is 10.2 Å². The molecule has 1 amide bonds. The van der Waals surface area contributed by atoms with Gasteiger partial charge in [-0.25, -0.2) is 0 Å². The normalized spacial score (nSPS) is 14.0. The van der Waals surface area contributed by atoms with Gasteiger partial charge in [0, 0.05) is 43.1 Å². The molecule has 3 aromatic rings. The van der Waals surface area contributed by atoms with E-state index in [-0.39, 0.29) is 12.3 Å². The van der Waals surface area contributed by atoms with Crippen LogP contribution in [0.4, 0.5) is 11.4 Å². The summed E-state index contributed by atoms with van der Waals surface area (Å²) in [5.41, 5.74) is 9.96. The fourth-order valence-corrected chi connectivity index (χ4v) is 3.87. The standard InChI is InChI=1S/C27H31N5O2/c1-31-13-15-32(16-14-31)27(29)24-18-22(9-12-25(24)28)30-26(33)17-20-7-10-23(11-8-20)34-19-21-5-3-2-4-6-21/h2-12,18,29H,13-17,19,28H2,1H3,(H,30,33). The number of carbonyl (C=O) groups excluding carboxylic acids is 1. The van der Waals surface area contributed by atoms with E-state index >= 15 is 0 Å². The molecule has 0 bridgehead atoms. The van der Waals surface area contributed by atoms with Crippen molar-refractivity contribution in [1.29, 1.82) is 5.41 Å². The van der Waals surface area contributed by atoms with Gasteiger partial charge < -0.3 is 25.6 Å². The van der Waals surface area contributed by atoms with Crippen LogP contribution in [0.5, 0.6) is 5.75 Å². The molecule has 0 spiro atoms. The van der Waals surface area contributed by atoms with Crippen molar-refractivity contribution in [2.45, 2.75) is 13.0 Å². The van der Waals surface area contributed by atoms with Crippen molar-refractivity contribution in [3.8, 4) is 5.75 Å². The Hall–Kier alpha value is -3.84. The number of carbonyl (C=O) groups is 1. The molecule has 4 N–H and O–H groups in total. The highest BCUT2D eigenvalue weighted by atomic mass is 16.5. The lowest BCUT2D eigenvalue weighted by Gasteiger charge is -2.34. The SMILES string of the molecule is CN1CCN(C(=N)c2cc(NC(=O)Cc3ccc(OCc4ccccc4)cc3)ccc2N)CC1. The number of hydrogen-bond acceptors (Lipinski definition) is 5. The summed E-state index contributed by atoms with van der Waals surface area (Å²) in [5.74, 6) is 1.03. The van der Waals surface area contributed by atoms with Crippen molar-refractivity contribution >= 4 is 23.1 Å². The third-order valence-corrected chi connectivity index (χ3v) is 5.95. The van der Waals surface area contributed by atoms with Gasteiger partial charge >= 0.3 is 0 Å². The molecule has 34 heavy (non-hydrogen) atoms. The van der Waals surface area contributed by atoms with E-state index in [1.54, 1.807) is 18.2 Å². The molecule has 1 aliphatic rings. The molecular formula is C27H31N5O2. The Labute approximate surface area is 200 Å². The monoisotopic (exact) mass is 457 g/mol. The second kappa shape index (κ2) is 10.9. The summed E-state index contributed by atoms with van der Waals surface area (Å²) in [5, 5.41) is 11.5. The Morgan fingerprint density at radius 1 is 0.971 bits per heavy atom. The fraction of sp³-hybridized carbons (Fsp3) is 0.259. The average Bonchev–Trinajstić information content (AvgIpc) is 2.85. The van der Waals surface area contributed by atoms with Crippen molar-refractivity contribution < 1.29 is 9.53 Å². The summed E-state index contributed by atoms with van der Waals surface area (Å²) < 4.78 is 5.81. The minimum absolute atomic E-state index is 0.125. The Balaban J connectivity index is 1.33. The largest absolute Gasteiger partial charge is 0.489 e. The molecule has 7 heteroatoms. The summed E-state index contributed by atoms with van der Waals surface area (Å²) in [4.78, 5) is 16.9. The lowest BCUT2D eigenvalue weighted by Crippen LogP contribution is -2.47. The Bertz CT molecular complexity index is 1120. The van der Waals surface area contributed by atoms with Gasteiger partial charge in [-0.15, -0.1) is 0 Å². The van der Waals surface area contributed by atoms with Crippen LogP contribution in [0.25, 0.3) is 0 Å². The number of piperazine rings is 1. The van der Waals surface area contributed by atoms with E-state index in [2.05, 4.69) is 17.3 Å². The van der Waals surface area contributed by atoms with Crippen LogP contribution in [0.2, 0.25) is 0 Å². The van der Waals surface area contributed by atoms with Crippen LogP contribution in [-0.2, 0) is 17.8 Å². The van der Waals surface area contributed by atoms with Gasteiger partial charge in [0.05, 0.1) is 6.42 Å². The van der Waals surface area contributed by atoms with Gasteiger partial charge in [-0.1, -0.05) is 42.5 Å². The molecule has 0 unspecified atom stereocenters. The highest BCUT2D eigenvalue weighted by Crippen LogP contribution is 2.21. The minimum atomic E-state index is -0.125. The average molecular weight is 458 g/mol. The number of benzene rings is 3. The zero-order valence-corrected chi connectivity index (χ0v) is 19.5. The number of nitrogens with zero attached hydrogens (tertiary/aromatic N) is 2. The second-order valence-corrected chi connectivity index (χ2v) is 8.58. The van der Waals surface area contributed by atoms with Crippen molar-refractivity contribution in [3.05, 3.63) is 89.5 Å². The fourth-order valence-electron chi connectivity index (χ4n) is 3.87. The van der Waals surface area contributed by atoms with Gasteiger partial charge in [0.25, 0.3) is 0 Å². The second-order valence-electron chi connectivity index (χ2n) is 8.58. The molecule has 0 aliphatic carbocycles. The molecular weight excluding hydrogens is 426 g/mol. The Morgan fingerprint density at radius 3 is 2.38 bits per heavy atom. The maximum atomic E-state index is 12.6. The van der Waals surface area contributed by atoms with E-state index in [4.69, 9.17) is 15.9 Å². The van der Waals surface area contributed by atoms with Crippen LogP contribution >= 0.6 is 0 Å². The maximum Gasteiger partial charge on any atom is 0.228 e. The third kappa shape index (κ3) is 6.14. The first-order valence-corrected chi connectivity index (χ1v) is 11.5. The van der Waals surface area contributed by atoms with Gasteiger partial charge in [0.1, 0.15) is 18.2 Å². The van der Waals surface area contributed by atoms with Gasteiger partial charge in [-0.2, -0.15) is 0 Å². The first-order valence-electron chi connectivity index (χ1n) is 11.5. The molecule has 0 atom stereocenters. The molecule has 7 nitrogen and oxygen atoms in total. The number of hydrogen-bond donors (Lipinski definition) is 3. The number of amides is 1. The number of amidine groups is 1. The van der Waals surface area contributed by atoms with E-state index < -0.39 is 0 Å². The molecule has 3 aromatic carbocycles. The number of nitrogens with one attached hydrogen (secondary N) is 2. The molecule has 1 fully saturated rings. The first kappa shape index (κ1) is 23.3. The van der Waals surface area contributed by atoms with Crippen LogP contribution in [0.15, 0.2) is 72.8 Å². The predicted molar refractivity (Wildman–Crippen MR) is 136 cm³/mol. The number of nitrogens with two attached hydrogens (primary N) is 1. The quantitative estimate of drug-likeness (QED) is 0.286. The number of ether oxygens (including phenoxy) is 1. The number of rotatable bonds is 7. The van der Waals surface area contributed by atoms with E-state index in [1.165, 1.54) is 0 Å². The molecule has 0 saturated carbocycles. The summed E-state index contributed by atoms with van der Waals surface area (Å²) in [7, 11) is 2.08. The first-order chi connectivity index (χ1) is 16.5. The van der Waals surface area contributed by atoms with Crippen LogP contribution < -0.4 is 15.8 Å². The van der Waals surface area contributed by atoms with Gasteiger partial charge in [0.2, 0.25) is 5.91 Å². The summed E-state index contributed by atoms with van der Waals surface area (Å²) in [6.07, 6.45) is 0.245. The van der Waals surface area contributed by atoms with Gasteiger partial charge in [0.15, 0.2) is 0 Å². The minimum Gasteiger partial charge on any atom is -0.489 e. The van der Waals surface area contributed by atoms with Crippen LogP contribution in [0.1, 0.15) is 16.7 Å². The molecule has 176 valence electrons. The van der Waals surface area contributed by atoms with Crippen LogP contribution in [-0.4, -0.2) is 54.8 Å². The highest BCUT2D eigenvalue weighted by Gasteiger charge is 2.19. The van der Waals surface area contributed by atoms with Crippen molar-refractivity contribution in [3.63, 3.8) is 0 Å². The lowest BCUT2D eigenvalue weighted by molar-refractivity contribution is -0.115. The maximum absolute atomic E-state index is 12.6. The zero-order valence-electron chi connectivity index (χ0n) is 19.5. The van der Waals surface area contributed by atoms with E-state index in [0.29, 0.717) is 29.4 Å². The molecule has 1 saturated heterocycles. The third-order valence-electron chi connectivity index (χ3n) is 5.95. The van der Waals surface area contributed by atoms with Gasteiger partial charge in [-0.05, 0) is 48.5 Å². The molecule has 1 heterocycles. The number of anilines is 2. The zero-order chi connectivity index (χ0) is 23.9. The molecule has 4 rings (SSSR count). The topological polar surface area (TPSA) is 94.7 Å². The molecule has 1 aliphatic heterocycles. The number of likely N-dealkylation sites (N-methyl/N-ethyl adjacent to an activating group) is 1. The van der Waals surface area contributed by atoms with Crippen molar-refractivity contribution in [1.82, 2.24) is 9.80 Å². The summed E-state index contributed by atoms with van der Waals surface area (Å²) in [6, 6.07) is 22.9. The van der Waals surface area contributed by atoms with E-state index in [0.717, 1.165) is 43.1 Å². The van der Waals surface area contributed by atoms with Crippen LogP contribution in [0, 0.1) is 5.41 Å². The lowest BCUT2D eigenvalue weighted by atomic mass is 10.1. The number of nitrogen functional groups attached to an aromatic ring is 1. The molecule has 0 radical (unpaired) electrons. The van der Waals surface area contributed by atoms with Crippen molar-refractivity contribution in [2.24, 2.45) is 0 Å². The summed E-state index contributed by atoms with van der Waals surface area (Å²) >= 11 is 0.